The standard InChI is InChI=1S/C17H26N2/c1-15(16-8-4-3-5-9-16)14-19-13-7-6-10-17(19)11-12-18-2/h3-5,8-9,17-18H,1,6-7,10-14H2,2H3. The van der Waals surface area contributed by atoms with Crippen LogP contribution in [0, 0.1) is 0 Å². The highest BCUT2D eigenvalue weighted by atomic mass is 15.2. The molecule has 0 aliphatic carbocycles. The van der Waals surface area contributed by atoms with Gasteiger partial charge in [0.25, 0.3) is 0 Å². The van der Waals surface area contributed by atoms with Crippen molar-refractivity contribution in [1.82, 2.24) is 10.2 Å². The van der Waals surface area contributed by atoms with Gasteiger partial charge in [-0.3, -0.25) is 4.90 Å². The fourth-order valence-corrected chi connectivity index (χ4v) is 2.92. The lowest BCUT2D eigenvalue weighted by atomic mass is 9.97. The first-order valence-corrected chi connectivity index (χ1v) is 7.43. The SMILES string of the molecule is C=C(CN1CCCCC1CCNC)c1ccccc1. The zero-order chi connectivity index (χ0) is 13.5. The van der Waals surface area contributed by atoms with Crippen LogP contribution >= 0.6 is 0 Å². The average molecular weight is 258 g/mol. The van der Waals surface area contributed by atoms with Crippen LogP contribution in [0.3, 0.4) is 0 Å². The van der Waals surface area contributed by atoms with E-state index in [0.29, 0.717) is 0 Å². The van der Waals surface area contributed by atoms with E-state index in [-0.39, 0.29) is 0 Å². The lowest BCUT2D eigenvalue weighted by Crippen LogP contribution is -2.41. The monoisotopic (exact) mass is 258 g/mol. The molecule has 1 atom stereocenters. The van der Waals surface area contributed by atoms with Crippen molar-refractivity contribution in [3.63, 3.8) is 0 Å². The van der Waals surface area contributed by atoms with Crippen molar-refractivity contribution in [2.45, 2.75) is 31.7 Å². The zero-order valence-electron chi connectivity index (χ0n) is 12.1. The molecule has 1 aliphatic rings. The molecule has 1 fully saturated rings. The van der Waals surface area contributed by atoms with Crippen LogP contribution in [0.2, 0.25) is 0 Å². The van der Waals surface area contributed by atoms with Gasteiger partial charge in [-0.15, -0.1) is 0 Å². The van der Waals surface area contributed by atoms with Crippen LogP contribution in [0.15, 0.2) is 36.9 Å². The first kappa shape index (κ1) is 14.3. The summed E-state index contributed by atoms with van der Waals surface area (Å²) in [6, 6.07) is 11.3. The highest BCUT2D eigenvalue weighted by Crippen LogP contribution is 2.23. The topological polar surface area (TPSA) is 15.3 Å². The molecule has 2 nitrogen and oxygen atoms in total. The highest BCUT2D eigenvalue weighted by molar-refractivity contribution is 5.64. The molecule has 1 aromatic carbocycles. The second-order valence-corrected chi connectivity index (χ2v) is 5.48. The molecule has 0 spiro atoms. The molecular formula is C17H26N2. The maximum absolute atomic E-state index is 4.28. The third-order valence-electron chi connectivity index (χ3n) is 4.05. The number of rotatable bonds is 6. The largest absolute Gasteiger partial charge is 0.320 e. The summed E-state index contributed by atoms with van der Waals surface area (Å²) in [5, 5.41) is 3.27. The van der Waals surface area contributed by atoms with Crippen LogP contribution in [-0.2, 0) is 0 Å². The molecule has 0 bridgehead atoms. The summed E-state index contributed by atoms with van der Waals surface area (Å²) < 4.78 is 0. The number of nitrogens with zero attached hydrogens (tertiary/aromatic N) is 1. The molecule has 104 valence electrons. The molecule has 1 unspecified atom stereocenters. The molecule has 1 heterocycles. The van der Waals surface area contributed by atoms with Crippen molar-refractivity contribution >= 4 is 5.57 Å². The third kappa shape index (κ3) is 4.19. The predicted octanol–water partition coefficient (Wildman–Crippen LogP) is 3.16. The molecule has 1 N–H and O–H groups in total. The Bertz CT molecular complexity index is 386. The second-order valence-electron chi connectivity index (χ2n) is 5.48. The lowest BCUT2D eigenvalue weighted by Gasteiger charge is -2.36. The van der Waals surface area contributed by atoms with Crippen molar-refractivity contribution in [2.75, 3.05) is 26.7 Å². The van der Waals surface area contributed by atoms with Gasteiger partial charge in [-0.2, -0.15) is 0 Å². The Morgan fingerprint density at radius 2 is 2.11 bits per heavy atom. The van der Waals surface area contributed by atoms with Crippen molar-refractivity contribution in [2.24, 2.45) is 0 Å². The summed E-state index contributed by atoms with van der Waals surface area (Å²) in [7, 11) is 2.04. The van der Waals surface area contributed by atoms with E-state index in [2.05, 4.69) is 47.1 Å². The second kappa shape index (κ2) is 7.46. The van der Waals surface area contributed by atoms with Crippen LogP contribution in [0.1, 0.15) is 31.2 Å². The molecule has 0 aromatic heterocycles. The van der Waals surface area contributed by atoms with Gasteiger partial charge in [0, 0.05) is 12.6 Å². The number of hydrogen-bond donors (Lipinski definition) is 1. The summed E-state index contributed by atoms with van der Waals surface area (Å²) in [5.74, 6) is 0. The minimum Gasteiger partial charge on any atom is -0.320 e. The Morgan fingerprint density at radius 1 is 1.32 bits per heavy atom. The van der Waals surface area contributed by atoms with Crippen molar-refractivity contribution in [3.05, 3.63) is 42.5 Å². The lowest BCUT2D eigenvalue weighted by molar-refractivity contribution is 0.159. The van der Waals surface area contributed by atoms with Crippen LogP contribution in [-0.4, -0.2) is 37.6 Å². The van der Waals surface area contributed by atoms with E-state index < -0.39 is 0 Å². The van der Waals surface area contributed by atoms with E-state index in [0.717, 1.165) is 19.1 Å². The molecule has 1 saturated heterocycles. The van der Waals surface area contributed by atoms with Gasteiger partial charge in [-0.05, 0) is 50.5 Å². The Balaban J connectivity index is 1.93. The first-order valence-electron chi connectivity index (χ1n) is 7.43. The highest BCUT2D eigenvalue weighted by Gasteiger charge is 2.22. The van der Waals surface area contributed by atoms with E-state index >= 15 is 0 Å². The smallest absolute Gasteiger partial charge is 0.0236 e. The first-order chi connectivity index (χ1) is 9.31. The summed E-state index contributed by atoms with van der Waals surface area (Å²) in [4.78, 5) is 2.62. The maximum Gasteiger partial charge on any atom is 0.0236 e. The number of piperidine rings is 1. The Hall–Kier alpha value is -1.12. The van der Waals surface area contributed by atoms with Gasteiger partial charge in [0.1, 0.15) is 0 Å². The maximum atomic E-state index is 4.28. The molecule has 2 rings (SSSR count). The zero-order valence-corrected chi connectivity index (χ0v) is 12.1. The minimum absolute atomic E-state index is 0.724. The van der Waals surface area contributed by atoms with E-state index in [1.807, 2.05) is 7.05 Å². The predicted molar refractivity (Wildman–Crippen MR) is 83.2 cm³/mol. The van der Waals surface area contributed by atoms with E-state index in [1.54, 1.807) is 0 Å². The van der Waals surface area contributed by atoms with E-state index in [9.17, 15) is 0 Å². The molecule has 1 aliphatic heterocycles. The molecule has 0 amide bonds. The van der Waals surface area contributed by atoms with Crippen LogP contribution in [0.25, 0.3) is 5.57 Å². The van der Waals surface area contributed by atoms with Gasteiger partial charge < -0.3 is 5.32 Å². The molecular weight excluding hydrogens is 232 g/mol. The number of nitrogens with one attached hydrogen (secondary N) is 1. The van der Waals surface area contributed by atoms with Gasteiger partial charge in [0.15, 0.2) is 0 Å². The normalized spacial score (nSPS) is 20.4. The van der Waals surface area contributed by atoms with Crippen LogP contribution in [0.5, 0.6) is 0 Å². The number of likely N-dealkylation sites (tertiary alicyclic amines) is 1. The van der Waals surface area contributed by atoms with Crippen molar-refractivity contribution < 1.29 is 0 Å². The summed E-state index contributed by atoms with van der Waals surface area (Å²) >= 11 is 0. The summed E-state index contributed by atoms with van der Waals surface area (Å²) in [5.41, 5.74) is 2.53. The molecule has 1 aromatic rings. The molecule has 0 saturated carbocycles. The van der Waals surface area contributed by atoms with E-state index in [1.165, 1.54) is 43.4 Å². The Morgan fingerprint density at radius 3 is 2.84 bits per heavy atom. The van der Waals surface area contributed by atoms with Gasteiger partial charge in [0.2, 0.25) is 0 Å². The van der Waals surface area contributed by atoms with Crippen molar-refractivity contribution in [1.29, 1.82) is 0 Å². The van der Waals surface area contributed by atoms with Gasteiger partial charge >= 0.3 is 0 Å². The quantitative estimate of drug-likeness (QED) is 0.843. The molecule has 2 heteroatoms. The number of hydrogen-bond acceptors (Lipinski definition) is 2. The fraction of sp³-hybridized carbons (Fsp3) is 0.529. The minimum atomic E-state index is 0.724. The van der Waals surface area contributed by atoms with Crippen LogP contribution < -0.4 is 5.32 Å². The average Bonchev–Trinajstić information content (AvgIpc) is 2.47. The van der Waals surface area contributed by atoms with Gasteiger partial charge in [-0.1, -0.05) is 43.3 Å². The van der Waals surface area contributed by atoms with Crippen LogP contribution in [0.4, 0.5) is 0 Å². The third-order valence-corrected chi connectivity index (χ3v) is 4.05. The Labute approximate surface area is 117 Å². The Kier molecular flexibility index (Phi) is 5.62. The fourth-order valence-electron chi connectivity index (χ4n) is 2.92. The van der Waals surface area contributed by atoms with Crippen molar-refractivity contribution in [3.8, 4) is 0 Å². The van der Waals surface area contributed by atoms with E-state index in [4.69, 9.17) is 0 Å². The van der Waals surface area contributed by atoms with Gasteiger partial charge in [0.05, 0.1) is 0 Å². The molecule has 19 heavy (non-hydrogen) atoms. The summed E-state index contributed by atoms with van der Waals surface area (Å²) in [6.45, 7) is 7.62. The van der Waals surface area contributed by atoms with Gasteiger partial charge in [-0.25, -0.2) is 0 Å². The molecule has 0 radical (unpaired) electrons. The number of benzene rings is 1. The summed E-state index contributed by atoms with van der Waals surface area (Å²) in [6.07, 6.45) is 5.29.